The monoisotopic (exact) mass is 434 g/mol. The van der Waals surface area contributed by atoms with Crippen molar-refractivity contribution < 1.29 is 31.6 Å². The molecule has 2 aromatic carbocycles. The van der Waals surface area contributed by atoms with Gasteiger partial charge < -0.3 is 15.1 Å². The summed E-state index contributed by atoms with van der Waals surface area (Å²) in [5.74, 6) is -2.01. The highest BCUT2D eigenvalue weighted by atomic mass is 19.4. The zero-order valence-corrected chi connectivity index (χ0v) is 16.3. The highest BCUT2D eigenvalue weighted by Gasteiger charge is 2.48. The molecule has 162 valence electrons. The third kappa shape index (κ3) is 4.55. The first-order valence-electron chi connectivity index (χ1n) is 9.59. The Hall–Kier alpha value is -3.36. The summed E-state index contributed by atoms with van der Waals surface area (Å²) in [6, 6.07) is 9.55. The maximum atomic E-state index is 13.3. The van der Waals surface area contributed by atoms with Gasteiger partial charge in [0.1, 0.15) is 17.2 Å². The quantitative estimate of drug-likeness (QED) is 0.553. The van der Waals surface area contributed by atoms with Crippen LogP contribution in [0.3, 0.4) is 0 Å². The van der Waals surface area contributed by atoms with Crippen LogP contribution in [0.25, 0.3) is 11.0 Å². The van der Waals surface area contributed by atoms with Crippen molar-refractivity contribution in [1.29, 1.82) is 0 Å². The fraction of sp³-hybridized carbons (Fsp3) is 0.273. The predicted octanol–water partition coefficient (Wildman–Crippen LogP) is 5.04. The Morgan fingerprint density at radius 1 is 1.06 bits per heavy atom. The summed E-state index contributed by atoms with van der Waals surface area (Å²) in [4.78, 5) is 24.8. The van der Waals surface area contributed by atoms with Crippen molar-refractivity contribution in [1.82, 2.24) is 5.32 Å². The van der Waals surface area contributed by atoms with Gasteiger partial charge in [-0.3, -0.25) is 9.59 Å². The van der Waals surface area contributed by atoms with Gasteiger partial charge >= 0.3 is 6.18 Å². The van der Waals surface area contributed by atoms with Gasteiger partial charge in [-0.05, 0) is 55.8 Å². The SMILES string of the molecule is C[C@@H](NC(=O)[C@@H]1C[C@H]1C(=O)Nc1cccc(C(F)(F)F)c1)c1cc2cc(F)ccc2o1. The lowest BCUT2D eigenvalue weighted by Gasteiger charge is -2.12. The van der Waals surface area contributed by atoms with E-state index in [-0.39, 0.29) is 11.6 Å². The molecule has 0 bridgehead atoms. The van der Waals surface area contributed by atoms with Crippen molar-refractivity contribution in [3.05, 3.63) is 65.7 Å². The largest absolute Gasteiger partial charge is 0.459 e. The van der Waals surface area contributed by atoms with Gasteiger partial charge in [-0.25, -0.2) is 4.39 Å². The van der Waals surface area contributed by atoms with Gasteiger partial charge in [0.05, 0.1) is 23.4 Å². The summed E-state index contributed by atoms with van der Waals surface area (Å²) >= 11 is 0. The number of alkyl halides is 3. The van der Waals surface area contributed by atoms with Gasteiger partial charge in [0.2, 0.25) is 11.8 Å². The zero-order valence-electron chi connectivity index (χ0n) is 16.3. The molecule has 0 spiro atoms. The van der Waals surface area contributed by atoms with E-state index in [2.05, 4.69) is 10.6 Å². The molecule has 0 aliphatic heterocycles. The van der Waals surface area contributed by atoms with E-state index < -0.39 is 41.3 Å². The Bertz CT molecular complexity index is 1160. The molecule has 9 heteroatoms. The van der Waals surface area contributed by atoms with E-state index in [1.165, 1.54) is 30.3 Å². The van der Waals surface area contributed by atoms with Crippen LogP contribution in [0.1, 0.15) is 30.7 Å². The number of furan rings is 1. The predicted molar refractivity (Wildman–Crippen MR) is 104 cm³/mol. The number of rotatable bonds is 5. The van der Waals surface area contributed by atoms with Crippen molar-refractivity contribution in [3.63, 3.8) is 0 Å². The highest BCUT2D eigenvalue weighted by molar-refractivity contribution is 5.99. The number of amides is 2. The van der Waals surface area contributed by atoms with Crippen LogP contribution in [0.5, 0.6) is 0 Å². The van der Waals surface area contributed by atoms with E-state index >= 15 is 0 Å². The molecule has 1 saturated carbocycles. The van der Waals surface area contributed by atoms with E-state index in [1.807, 2.05) is 0 Å². The molecule has 4 rings (SSSR count). The lowest BCUT2D eigenvalue weighted by Crippen LogP contribution is -2.29. The third-order valence-electron chi connectivity index (χ3n) is 5.20. The number of hydrogen-bond donors (Lipinski definition) is 2. The molecule has 31 heavy (non-hydrogen) atoms. The second kappa shape index (κ2) is 7.72. The van der Waals surface area contributed by atoms with Crippen LogP contribution in [0.15, 0.2) is 52.9 Å². The number of hydrogen-bond acceptors (Lipinski definition) is 3. The van der Waals surface area contributed by atoms with Gasteiger partial charge in [-0.15, -0.1) is 0 Å². The number of anilines is 1. The van der Waals surface area contributed by atoms with Gasteiger partial charge in [0.15, 0.2) is 0 Å². The number of carbonyl (C=O) groups excluding carboxylic acids is 2. The van der Waals surface area contributed by atoms with E-state index in [4.69, 9.17) is 4.42 Å². The van der Waals surface area contributed by atoms with Gasteiger partial charge in [-0.2, -0.15) is 13.2 Å². The molecule has 3 aromatic rings. The fourth-order valence-corrected chi connectivity index (χ4v) is 3.42. The minimum absolute atomic E-state index is 0.0220. The summed E-state index contributed by atoms with van der Waals surface area (Å²) in [5.41, 5.74) is -0.356. The maximum absolute atomic E-state index is 13.3. The number of carbonyl (C=O) groups is 2. The first-order valence-corrected chi connectivity index (χ1v) is 9.59. The number of halogens is 4. The lowest BCUT2D eigenvalue weighted by molar-refractivity contribution is -0.137. The van der Waals surface area contributed by atoms with E-state index in [1.54, 1.807) is 13.0 Å². The summed E-state index contributed by atoms with van der Waals surface area (Å²) in [6.45, 7) is 1.70. The van der Waals surface area contributed by atoms with E-state index in [0.717, 1.165) is 12.1 Å². The molecule has 0 saturated heterocycles. The Morgan fingerprint density at radius 2 is 1.81 bits per heavy atom. The molecule has 5 nitrogen and oxygen atoms in total. The Balaban J connectivity index is 1.35. The number of benzene rings is 2. The van der Waals surface area contributed by atoms with E-state index in [0.29, 0.717) is 23.2 Å². The molecule has 1 fully saturated rings. The normalized spacial score (nSPS) is 19.1. The van der Waals surface area contributed by atoms with Crippen LogP contribution in [0.4, 0.5) is 23.2 Å². The van der Waals surface area contributed by atoms with E-state index in [9.17, 15) is 27.2 Å². The summed E-state index contributed by atoms with van der Waals surface area (Å²) in [6.07, 6.45) is -4.21. The molecule has 1 aromatic heterocycles. The topological polar surface area (TPSA) is 71.3 Å². The minimum Gasteiger partial charge on any atom is -0.459 e. The first-order chi connectivity index (χ1) is 14.6. The minimum atomic E-state index is -4.51. The molecule has 3 atom stereocenters. The van der Waals surface area contributed by atoms with Crippen molar-refractivity contribution in [2.75, 3.05) is 5.32 Å². The summed E-state index contributed by atoms with van der Waals surface area (Å²) in [7, 11) is 0. The van der Waals surface area contributed by atoms with Crippen molar-refractivity contribution >= 4 is 28.5 Å². The first kappa shape index (κ1) is 20.9. The molecule has 2 amide bonds. The Kier molecular flexibility index (Phi) is 5.20. The zero-order chi connectivity index (χ0) is 22.3. The fourth-order valence-electron chi connectivity index (χ4n) is 3.42. The molecular weight excluding hydrogens is 416 g/mol. The molecule has 2 N–H and O–H groups in total. The van der Waals surface area contributed by atoms with Gasteiger partial charge in [-0.1, -0.05) is 6.07 Å². The molecule has 1 heterocycles. The van der Waals surface area contributed by atoms with Crippen molar-refractivity contribution in [2.24, 2.45) is 11.8 Å². The van der Waals surface area contributed by atoms with Crippen LogP contribution >= 0.6 is 0 Å². The standard InChI is InChI=1S/C22H18F4N2O3/c1-11(19-8-12-7-14(23)5-6-18(12)31-19)27-20(29)16-10-17(16)21(30)28-15-4-2-3-13(9-15)22(24,25)26/h2-9,11,16-17H,10H2,1H3,(H,27,29)(H,28,30)/t11-,16-,17-/m1/s1. The molecule has 1 aliphatic carbocycles. The summed E-state index contributed by atoms with van der Waals surface area (Å²) < 4.78 is 57.4. The Labute approximate surface area is 174 Å². The smallest absolute Gasteiger partial charge is 0.416 e. The van der Waals surface area contributed by atoms with Crippen molar-refractivity contribution in [2.45, 2.75) is 25.6 Å². The van der Waals surface area contributed by atoms with Crippen LogP contribution in [-0.2, 0) is 15.8 Å². The highest BCUT2D eigenvalue weighted by Crippen LogP contribution is 2.40. The average molecular weight is 434 g/mol. The van der Waals surface area contributed by atoms with Crippen LogP contribution in [0, 0.1) is 17.7 Å². The molecule has 0 radical (unpaired) electrons. The third-order valence-corrected chi connectivity index (χ3v) is 5.20. The van der Waals surface area contributed by atoms with Crippen LogP contribution < -0.4 is 10.6 Å². The average Bonchev–Trinajstić information content (AvgIpc) is 3.40. The number of nitrogens with one attached hydrogen (secondary N) is 2. The lowest BCUT2D eigenvalue weighted by atomic mass is 10.2. The Morgan fingerprint density at radius 3 is 2.55 bits per heavy atom. The van der Waals surface area contributed by atoms with Crippen LogP contribution in [0.2, 0.25) is 0 Å². The molecular formula is C22H18F4N2O3. The van der Waals surface area contributed by atoms with Gasteiger partial charge in [0.25, 0.3) is 0 Å². The second-order valence-corrected chi connectivity index (χ2v) is 7.58. The van der Waals surface area contributed by atoms with Crippen molar-refractivity contribution in [3.8, 4) is 0 Å². The molecule has 0 unspecified atom stereocenters. The van der Waals surface area contributed by atoms with Gasteiger partial charge in [0, 0.05) is 11.1 Å². The van der Waals surface area contributed by atoms with Crippen LogP contribution in [-0.4, -0.2) is 11.8 Å². The number of fused-ring (bicyclic) bond motifs is 1. The maximum Gasteiger partial charge on any atom is 0.416 e. The summed E-state index contributed by atoms with van der Waals surface area (Å²) in [5, 5.41) is 5.76. The molecule has 1 aliphatic rings. The second-order valence-electron chi connectivity index (χ2n) is 7.58.